The smallest absolute Gasteiger partial charge is 0.152 e. The van der Waals surface area contributed by atoms with Gasteiger partial charge < -0.3 is 10.2 Å². The zero-order valence-corrected chi connectivity index (χ0v) is 9.87. The summed E-state index contributed by atoms with van der Waals surface area (Å²) in [6, 6.07) is 1.89. The third kappa shape index (κ3) is 2.63. The second-order valence-electron chi connectivity index (χ2n) is 4.00. The molecule has 2 rings (SSSR count). The van der Waals surface area contributed by atoms with Crippen LogP contribution >= 0.6 is 0 Å². The van der Waals surface area contributed by atoms with Crippen LogP contribution < -0.4 is 5.73 Å². The highest BCUT2D eigenvalue weighted by Crippen LogP contribution is 2.14. The normalized spacial score (nSPS) is 21.1. The molecule has 0 aromatic carbocycles. The summed E-state index contributed by atoms with van der Waals surface area (Å²) in [7, 11) is -2.80. The van der Waals surface area contributed by atoms with E-state index in [0.29, 0.717) is 19.6 Å². The van der Waals surface area contributed by atoms with Crippen molar-refractivity contribution in [2.45, 2.75) is 13.1 Å². The zero-order chi connectivity index (χ0) is 11.6. The molecule has 1 aliphatic rings. The predicted octanol–water partition coefficient (Wildman–Crippen LogP) is -0.0313. The van der Waals surface area contributed by atoms with Gasteiger partial charge in [0, 0.05) is 25.2 Å². The molecule has 0 saturated carbocycles. The van der Waals surface area contributed by atoms with Gasteiger partial charge in [-0.25, -0.2) is 8.42 Å². The van der Waals surface area contributed by atoms with Gasteiger partial charge in [-0.1, -0.05) is 0 Å². The maximum Gasteiger partial charge on any atom is 0.152 e. The van der Waals surface area contributed by atoms with Gasteiger partial charge in [-0.15, -0.1) is 0 Å². The molecule has 2 N–H and O–H groups in total. The van der Waals surface area contributed by atoms with E-state index in [1.165, 1.54) is 0 Å². The molecule has 1 saturated heterocycles. The van der Waals surface area contributed by atoms with Crippen molar-refractivity contribution >= 4 is 9.84 Å². The summed E-state index contributed by atoms with van der Waals surface area (Å²) in [6.45, 7) is 2.29. The number of furan rings is 1. The summed E-state index contributed by atoms with van der Waals surface area (Å²) in [5.74, 6) is 1.29. The minimum absolute atomic E-state index is 0.253. The fourth-order valence-corrected chi connectivity index (χ4v) is 3.11. The number of rotatable bonds is 3. The van der Waals surface area contributed by atoms with E-state index in [2.05, 4.69) is 4.90 Å². The molecular formula is C10H16N2O3S. The van der Waals surface area contributed by atoms with E-state index in [1.54, 1.807) is 6.26 Å². The van der Waals surface area contributed by atoms with Crippen LogP contribution in [0.1, 0.15) is 11.3 Å². The average Bonchev–Trinajstić information content (AvgIpc) is 2.68. The van der Waals surface area contributed by atoms with Crippen molar-refractivity contribution in [1.29, 1.82) is 0 Å². The first-order chi connectivity index (χ1) is 7.61. The van der Waals surface area contributed by atoms with Gasteiger partial charge in [0.2, 0.25) is 0 Å². The maximum atomic E-state index is 11.3. The van der Waals surface area contributed by atoms with Crippen molar-refractivity contribution in [3.05, 3.63) is 23.7 Å². The predicted molar refractivity (Wildman–Crippen MR) is 60.5 cm³/mol. The van der Waals surface area contributed by atoms with Crippen molar-refractivity contribution in [1.82, 2.24) is 4.90 Å². The lowest BCUT2D eigenvalue weighted by Gasteiger charge is -2.26. The second-order valence-corrected chi connectivity index (χ2v) is 6.30. The van der Waals surface area contributed by atoms with Gasteiger partial charge >= 0.3 is 0 Å². The Labute approximate surface area is 95.1 Å². The van der Waals surface area contributed by atoms with Crippen molar-refractivity contribution in [3.8, 4) is 0 Å². The minimum atomic E-state index is -2.80. The lowest BCUT2D eigenvalue weighted by atomic mass is 10.2. The largest absolute Gasteiger partial charge is 0.468 e. The van der Waals surface area contributed by atoms with E-state index in [-0.39, 0.29) is 11.5 Å². The molecule has 1 aromatic heterocycles. The number of hydrogen-bond acceptors (Lipinski definition) is 5. The van der Waals surface area contributed by atoms with Crippen molar-refractivity contribution in [2.24, 2.45) is 5.73 Å². The number of nitrogens with zero attached hydrogens (tertiary/aromatic N) is 1. The van der Waals surface area contributed by atoms with Gasteiger partial charge in [0.1, 0.15) is 5.76 Å². The molecule has 0 spiro atoms. The van der Waals surface area contributed by atoms with Gasteiger partial charge in [-0.3, -0.25) is 4.90 Å². The highest BCUT2D eigenvalue weighted by atomic mass is 32.2. The Bertz CT molecular complexity index is 438. The molecule has 0 aliphatic carbocycles. The standard InChI is InChI=1S/C10H16N2O3S/c11-7-10-9(1-4-15-10)8-12-2-5-16(13,14)6-3-12/h1,4H,2-3,5-8,11H2. The van der Waals surface area contributed by atoms with E-state index in [1.807, 2.05) is 6.07 Å². The molecule has 0 radical (unpaired) electrons. The van der Waals surface area contributed by atoms with Gasteiger partial charge in [-0.05, 0) is 6.07 Å². The zero-order valence-electron chi connectivity index (χ0n) is 9.05. The molecular weight excluding hydrogens is 228 g/mol. The van der Waals surface area contributed by atoms with Gasteiger partial charge in [0.15, 0.2) is 9.84 Å². The Morgan fingerprint density at radius 3 is 2.69 bits per heavy atom. The highest BCUT2D eigenvalue weighted by molar-refractivity contribution is 7.91. The van der Waals surface area contributed by atoms with Crippen LogP contribution in [0.3, 0.4) is 0 Å². The topological polar surface area (TPSA) is 76.5 Å². The molecule has 90 valence electrons. The first-order valence-electron chi connectivity index (χ1n) is 5.29. The highest BCUT2D eigenvalue weighted by Gasteiger charge is 2.22. The molecule has 1 aromatic rings. The van der Waals surface area contributed by atoms with E-state index in [9.17, 15) is 8.42 Å². The lowest BCUT2D eigenvalue weighted by Crippen LogP contribution is -2.39. The Hall–Kier alpha value is -0.850. The van der Waals surface area contributed by atoms with Gasteiger partial charge in [0.05, 0.1) is 24.3 Å². The first-order valence-corrected chi connectivity index (χ1v) is 7.11. The maximum absolute atomic E-state index is 11.3. The summed E-state index contributed by atoms with van der Waals surface area (Å²) in [6.07, 6.45) is 1.62. The van der Waals surface area contributed by atoms with Crippen LogP contribution in [0.2, 0.25) is 0 Å². The fraction of sp³-hybridized carbons (Fsp3) is 0.600. The Kier molecular flexibility index (Phi) is 3.32. The summed E-state index contributed by atoms with van der Waals surface area (Å²) in [5.41, 5.74) is 6.59. The van der Waals surface area contributed by atoms with Crippen molar-refractivity contribution in [2.75, 3.05) is 24.6 Å². The molecule has 0 bridgehead atoms. The monoisotopic (exact) mass is 244 g/mol. The van der Waals surface area contributed by atoms with Crippen LogP contribution in [0.4, 0.5) is 0 Å². The molecule has 6 heteroatoms. The summed E-state index contributed by atoms with van der Waals surface area (Å²) >= 11 is 0. The van der Waals surface area contributed by atoms with Crippen LogP contribution in [-0.2, 0) is 22.9 Å². The van der Waals surface area contributed by atoms with Crippen LogP contribution in [-0.4, -0.2) is 37.9 Å². The summed E-state index contributed by atoms with van der Waals surface area (Å²) < 4.78 is 27.7. The number of sulfone groups is 1. The number of nitrogens with two attached hydrogens (primary N) is 1. The molecule has 0 atom stereocenters. The van der Waals surface area contributed by atoms with E-state index in [0.717, 1.165) is 17.9 Å². The van der Waals surface area contributed by atoms with Crippen molar-refractivity contribution < 1.29 is 12.8 Å². The third-order valence-electron chi connectivity index (χ3n) is 2.85. The molecule has 1 fully saturated rings. The fourth-order valence-electron chi connectivity index (χ4n) is 1.84. The minimum Gasteiger partial charge on any atom is -0.468 e. The van der Waals surface area contributed by atoms with Crippen molar-refractivity contribution in [3.63, 3.8) is 0 Å². The Balaban J connectivity index is 1.97. The summed E-state index contributed by atoms with van der Waals surface area (Å²) in [4.78, 5) is 2.12. The first kappa shape index (κ1) is 11.6. The van der Waals surface area contributed by atoms with Crippen LogP contribution in [0.5, 0.6) is 0 Å². The SMILES string of the molecule is NCc1occc1CN1CCS(=O)(=O)CC1. The molecule has 2 heterocycles. The second kappa shape index (κ2) is 4.57. The van der Waals surface area contributed by atoms with Gasteiger partial charge in [-0.2, -0.15) is 0 Å². The van der Waals surface area contributed by atoms with E-state index in [4.69, 9.17) is 10.2 Å². The van der Waals surface area contributed by atoms with Crippen LogP contribution in [0, 0.1) is 0 Å². The van der Waals surface area contributed by atoms with E-state index >= 15 is 0 Å². The summed E-state index contributed by atoms with van der Waals surface area (Å²) in [5, 5.41) is 0. The number of hydrogen-bond donors (Lipinski definition) is 1. The molecule has 5 nitrogen and oxygen atoms in total. The molecule has 16 heavy (non-hydrogen) atoms. The third-order valence-corrected chi connectivity index (χ3v) is 4.46. The lowest BCUT2D eigenvalue weighted by molar-refractivity contribution is 0.285. The molecule has 0 unspecified atom stereocenters. The molecule has 0 amide bonds. The van der Waals surface area contributed by atoms with Crippen LogP contribution in [0.25, 0.3) is 0 Å². The quantitative estimate of drug-likeness (QED) is 0.808. The Morgan fingerprint density at radius 1 is 1.38 bits per heavy atom. The van der Waals surface area contributed by atoms with Crippen LogP contribution in [0.15, 0.2) is 16.7 Å². The Morgan fingerprint density at radius 2 is 2.06 bits per heavy atom. The molecule has 1 aliphatic heterocycles. The van der Waals surface area contributed by atoms with E-state index < -0.39 is 9.84 Å². The van der Waals surface area contributed by atoms with Gasteiger partial charge in [0.25, 0.3) is 0 Å². The average molecular weight is 244 g/mol.